The van der Waals surface area contributed by atoms with E-state index in [-0.39, 0.29) is 27.5 Å². The van der Waals surface area contributed by atoms with E-state index in [1.165, 1.54) is 32.8 Å². The van der Waals surface area contributed by atoms with Crippen molar-refractivity contribution in [3.05, 3.63) is 70.7 Å². The summed E-state index contributed by atoms with van der Waals surface area (Å²) in [4.78, 5) is 20.1. The molecule has 0 bridgehead atoms. The highest BCUT2D eigenvalue weighted by atomic mass is 32.2. The SMILES string of the molecule is CCO/C=N/C1=C(C#N)C(c2ccc(OC)c(OC)c2)C2=C(CC(C)(C)CC2=O)N1c1ccc(S(N)(=O)=O)cc1. The molecule has 1 atom stereocenters. The molecule has 1 unspecified atom stereocenters. The Kier molecular flexibility index (Phi) is 8.05. The van der Waals surface area contributed by atoms with Crippen LogP contribution in [0, 0.1) is 16.7 Å². The zero-order valence-corrected chi connectivity index (χ0v) is 23.9. The third-order valence-electron chi connectivity index (χ3n) is 6.90. The van der Waals surface area contributed by atoms with Gasteiger partial charge in [-0.25, -0.2) is 18.5 Å². The van der Waals surface area contributed by atoms with Gasteiger partial charge in [-0.15, -0.1) is 0 Å². The molecule has 0 fully saturated rings. The quantitative estimate of drug-likeness (QED) is 0.367. The van der Waals surface area contributed by atoms with Gasteiger partial charge < -0.3 is 14.2 Å². The standard InChI is InChI=1S/C29H32N4O6S/c1-6-39-17-32-28-21(16-30)26(18-7-12-24(37-4)25(13-18)38-5)27-22(14-29(2,3)15-23(27)34)33(28)19-8-10-20(11-9-19)40(31,35)36/h7-13,17,26H,6,14-15H2,1-5H3,(H2,31,35,36)/b32-17+. The zero-order chi connectivity index (χ0) is 29.2. The van der Waals surface area contributed by atoms with Gasteiger partial charge in [0.2, 0.25) is 10.0 Å². The van der Waals surface area contributed by atoms with Crippen LogP contribution in [0.3, 0.4) is 0 Å². The maximum atomic E-state index is 13.9. The lowest BCUT2D eigenvalue weighted by Gasteiger charge is -2.43. The molecular formula is C29H32N4O6S. The normalized spacial score (nSPS) is 19.0. The number of hydrogen-bond donors (Lipinski definition) is 1. The van der Waals surface area contributed by atoms with Gasteiger partial charge in [0.05, 0.1) is 43.3 Å². The number of sulfonamides is 1. The van der Waals surface area contributed by atoms with Crippen LogP contribution < -0.4 is 19.5 Å². The highest BCUT2D eigenvalue weighted by Crippen LogP contribution is 2.52. The molecule has 0 radical (unpaired) electrons. The summed E-state index contributed by atoms with van der Waals surface area (Å²) in [6.07, 6.45) is 2.07. The number of nitrogens with zero attached hydrogens (tertiary/aromatic N) is 3. The third-order valence-corrected chi connectivity index (χ3v) is 7.83. The minimum absolute atomic E-state index is 0.0606. The third kappa shape index (κ3) is 5.46. The second kappa shape index (κ2) is 11.2. The average molecular weight is 565 g/mol. The molecule has 4 rings (SSSR count). The van der Waals surface area contributed by atoms with E-state index in [2.05, 4.69) is 11.1 Å². The summed E-state index contributed by atoms with van der Waals surface area (Å²) in [5.74, 6) is 0.433. The molecule has 2 aromatic rings. The van der Waals surface area contributed by atoms with Crippen molar-refractivity contribution in [3.63, 3.8) is 0 Å². The molecule has 2 aliphatic rings. The molecule has 1 aliphatic carbocycles. The summed E-state index contributed by atoms with van der Waals surface area (Å²) in [7, 11) is -0.871. The number of carbonyl (C=O) groups is 1. The molecule has 11 heteroatoms. The molecule has 1 heterocycles. The maximum absolute atomic E-state index is 13.9. The van der Waals surface area contributed by atoms with Crippen LogP contribution in [0.15, 0.2) is 75.0 Å². The lowest BCUT2D eigenvalue weighted by Crippen LogP contribution is -2.39. The fraction of sp³-hybridized carbons (Fsp3) is 0.345. The number of rotatable bonds is 8. The van der Waals surface area contributed by atoms with Crippen molar-refractivity contribution in [3.8, 4) is 17.6 Å². The monoisotopic (exact) mass is 564 g/mol. The molecule has 2 N–H and O–H groups in total. The van der Waals surface area contributed by atoms with Crippen LogP contribution in [-0.4, -0.2) is 41.4 Å². The van der Waals surface area contributed by atoms with Crippen LogP contribution in [0.4, 0.5) is 5.69 Å². The van der Waals surface area contributed by atoms with Gasteiger partial charge >= 0.3 is 0 Å². The van der Waals surface area contributed by atoms with E-state index < -0.39 is 15.9 Å². The van der Waals surface area contributed by atoms with E-state index in [4.69, 9.17) is 19.3 Å². The van der Waals surface area contributed by atoms with Crippen molar-refractivity contribution in [1.29, 1.82) is 5.26 Å². The predicted molar refractivity (Wildman–Crippen MR) is 150 cm³/mol. The van der Waals surface area contributed by atoms with Crippen LogP contribution in [-0.2, 0) is 19.6 Å². The van der Waals surface area contributed by atoms with Crippen LogP contribution in [0.2, 0.25) is 0 Å². The average Bonchev–Trinajstić information content (AvgIpc) is 2.91. The number of primary sulfonamides is 1. The smallest absolute Gasteiger partial charge is 0.238 e. The molecule has 0 saturated carbocycles. The number of ketones is 1. The first-order valence-electron chi connectivity index (χ1n) is 12.6. The molecule has 210 valence electrons. The second-order valence-corrected chi connectivity index (χ2v) is 11.8. The molecule has 0 aromatic heterocycles. The minimum Gasteiger partial charge on any atom is -0.493 e. The maximum Gasteiger partial charge on any atom is 0.238 e. The number of anilines is 1. The summed E-state index contributed by atoms with van der Waals surface area (Å²) in [5.41, 5.74) is 2.19. The molecule has 10 nitrogen and oxygen atoms in total. The van der Waals surface area contributed by atoms with Gasteiger partial charge in [0.1, 0.15) is 0 Å². The summed E-state index contributed by atoms with van der Waals surface area (Å²) in [5, 5.41) is 15.9. The van der Waals surface area contributed by atoms with Crippen molar-refractivity contribution in [1.82, 2.24) is 0 Å². The van der Waals surface area contributed by atoms with Crippen molar-refractivity contribution in [2.45, 2.75) is 44.4 Å². The van der Waals surface area contributed by atoms with Gasteiger partial charge in [0.15, 0.2) is 29.5 Å². The Hall–Kier alpha value is -4.14. The zero-order valence-electron chi connectivity index (χ0n) is 23.1. The highest BCUT2D eigenvalue weighted by Gasteiger charge is 2.45. The molecule has 0 spiro atoms. The van der Waals surface area contributed by atoms with Crippen LogP contribution in [0.5, 0.6) is 11.5 Å². The number of Topliss-reactive ketones (excluding diaryl/α,β-unsaturated/α-hetero) is 1. The molecule has 1 aliphatic heterocycles. The van der Waals surface area contributed by atoms with Gasteiger partial charge in [-0.05, 0) is 60.7 Å². The molecule has 40 heavy (non-hydrogen) atoms. The van der Waals surface area contributed by atoms with Crippen LogP contribution >= 0.6 is 0 Å². The van der Waals surface area contributed by atoms with Crippen molar-refractivity contribution >= 4 is 27.9 Å². The van der Waals surface area contributed by atoms with Gasteiger partial charge in [0.25, 0.3) is 0 Å². The number of allylic oxidation sites excluding steroid dienone is 3. The molecule has 2 aromatic carbocycles. The lowest BCUT2D eigenvalue weighted by atomic mass is 9.68. The second-order valence-electron chi connectivity index (χ2n) is 10.3. The van der Waals surface area contributed by atoms with E-state index in [0.29, 0.717) is 53.5 Å². The molecule has 0 saturated heterocycles. The van der Waals surface area contributed by atoms with Crippen LogP contribution in [0.25, 0.3) is 0 Å². The number of methoxy groups -OCH3 is 2. The summed E-state index contributed by atoms with van der Waals surface area (Å²) >= 11 is 0. The van der Waals surface area contributed by atoms with Gasteiger partial charge in [-0.3, -0.25) is 9.69 Å². The summed E-state index contributed by atoms with van der Waals surface area (Å²) in [6.45, 7) is 6.19. The van der Waals surface area contributed by atoms with Gasteiger partial charge in [0, 0.05) is 23.4 Å². The Labute approximate surface area is 234 Å². The number of nitriles is 1. The Morgan fingerprint density at radius 2 is 1.80 bits per heavy atom. The summed E-state index contributed by atoms with van der Waals surface area (Å²) < 4.78 is 40.2. The number of nitrogens with two attached hydrogens (primary N) is 1. The van der Waals surface area contributed by atoms with Crippen molar-refractivity contribution in [2.24, 2.45) is 15.5 Å². The Morgan fingerprint density at radius 3 is 2.38 bits per heavy atom. The van der Waals surface area contributed by atoms with Crippen molar-refractivity contribution in [2.75, 3.05) is 25.7 Å². The van der Waals surface area contributed by atoms with Gasteiger partial charge in [-0.2, -0.15) is 5.26 Å². The lowest BCUT2D eigenvalue weighted by molar-refractivity contribution is -0.118. The Balaban J connectivity index is 2.04. The molecule has 0 amide bonds. The van der Waals surface area contributed by atoms with E-state index in [1.54, 1.807) is 35.2 Å². The Bertz CT molecular complexity index is 1570. The van der Waals surface area contributed by atoms with Crippen molar-refractivity contribution < 1.29 is 27.4 Å². The van der Waals surface area contributed by atoms with Crippen LogP contribution in [0.1, 0.15) is 45.1 Å². The highest BCUT2D eigenvalue weighted by molar-refractivity contribution is 7.89. The first-order valence-corrected chi connectivity index (χ1v) is 14.2. The summed E-state index contributed by atoms with van der Waals surface area (Å²) in [6, 6.07) is 13.5. The molecular weight excluding hydrogens is 532 g/mol. The first-order chi connectivity index (χ1) is 19.0. The topological polar surface area (TPSA) is 144 Å². The minimum atomic E-state index is -3.93. The van der Waals surface area contributed by atoms with Gasteiger partial charge in [-0.1, -0.05) is 19.9 Å². The number of benzene rings is 2. The number of hydrogen-bond acceptors (Lipinski definition) is 9. The fourth-order valence-corrected chi connectivity index (χ4v) is 5.70. The number of aliphatic imine (C=N–C) groups is 1. The van der Waals surface area contributed by atoms with E-state index in [0.717, 1.165) is 0 Å². The first kappa shape index (κ1) is 28.9. The number of ether oxygens (including phenoxy) is 3. The number of carbonyl (C=O) groups excluding carboxylic acids is 1. The van der Waals surface area contributed by atoms with E-state index in [1.807, 2.05) is 20.8 Å². The van der Waals surface area contributed by atoms with E-state index in [9.17, 15) is 18.5 Å². The van der Waals surface area contributed by atoms with E-state index >= 15 is 0 Å². The predicted octanol–water partition coefficient (Wildman–Crippen LogP) is 4.40. The fourth-order valence-electron chi connectivity index (χ4n) is 5.18. The Morgan fingerprint density at radius 1 is 1.12 bits per heavy atom. The largest absolute Gasteiger partial charge is 0.493 e.